The summed E-state index contributed by atoms with van der Waals surface area (Å²) in [7, 11) is 0. The number of aliphatic imine (C=N–C) groups is 2. The van der Waals surface area contributed by atoms with Crippen molar-refractivity contribution in [3.05, 3.63) is 24.3 Å². The molecule has 4 N–H and O–H groups in total. The first-order valence-electron chi connectivity index (χ1n) is 10.2. The van der Waals surface area contributed by atoms with Gasteiger partial charge in [-0.1, -0.05) is 18.6 Å². The highest BCUT2D eigenvalue weighted by atomic mass is 16.5. The van der Waals surface area contributed by atoms with Crippen LogP contribution in [0.4, 0.5) is 5.69 Å². The summed E-state index contributed by atoms with van der Waals surface area (Å²) in [5, 5.41) is 0. The maximum atomic E-state index is 6.36. The van der Waals surface area contributed by atoms with Gasteiger partial charge in [-0.25, -0.2) is 4.99 Å². The molecule has 1 aromatic rings. The minimum absolute atomic E-state index is 0.265. The largest absolute Gasteiger partial charge is 0.490 e. The number of morpholine rings is 1. The Labute approximate surface area is 166 Å². The number of nitrogens with two attached hydrogens (primary N) is 2. The van der Waals surface area contributed by atoms with Crippen molar-refractivity contribution in [2.75, 3.05) is 44.4 Å². The van der Waals surface area contributed by atoms with E-state index < -0.39 is 5.66 Å². The van der Waals surface area contributed by atoms with Crippen molar-refractivity contribution in [1.82, 2.24) is 4.90 Å². The minimum Gasteiger partial charge on any atom is -0.490 e. The molecule has 2 heterocycles. The number of para-hydroxylation sites is 2. The van der Waals surface area contributed by atoms with E-state index in [1.54, 1.807) is 0 Å². The number of benzene rings is 1. The molecule has 0 bridgehead atoms. The van der Waals surface area contributed by atoms with E-state index in [9.17, 15) is 0 Å². The topological polar surface area (TPSA) is 102 Å². The summed E-state index contributed by atoms with van der Waals surface area (Å²) in [6.45, 7) is 4.97. The van der Waals surface area contributed by atoms with Crippen LogP contribution in [0.2, 0.25) is 0 Å². The van der Waals surface area contributed by atoms with E-state index in [0.717, 1.165) is 70.0 Å². The lowest BCUT2D eigenvalue weighted by Crippen LogP contribution is -2.58. The quantitative estimate of drug-likeness (QED) is 0.795. The summed E-state index contributed by atoms with van der Waals surface area (Å²) in [5.41, 5.74) is 12.8. The molecular weight excluding hydrogens is 356 g/mol. The van der Waals surface area contributed by atoms with Gasteiger partial charge in [-0.15, -0.1) is 0 Å². The normalized spacial score (nSPS) is 22.6. The summed E-state index contributed by atoms with van der Waals surface area (Å²) in [6.07, 6.45) is 5.22. The molecule has 152 valence electrons. The van der Waals surface area contributed by atoms with E-state index in [-0.39, 0.29) is 5.96 Å². The fourth-order valence-corrected chi connectivity index (χ4v) is 4.34. The molecule has 0 atom stereocenters. The summed E-state index contributed by atoms with van der Waals surface area (Å²) < 4.78 is 11.6. The Bertz CT molecular complexity index is 738. The standard InChI is InChI=1S/C20H30N6O2/c21-18-23-19(22)26(20(24-18)8-4-1-5-9-20)16-6-2-3-7-17(16)28-15-12-25-10-13-27-14-11-25/h2-3,6-7H,1,4-5,8-15H2,(H4,21,22,23,24). The monoisotopic (exact) mass is 386 g/mol. The third-order valence-corrected chi connectivity index (χ3v) is 5.73. The van der Waals surface area contributed by atoms with Gasteiger partial charge in [0.15, 0.2) is 0 Å². The zero-order valence-corrected chi connectivity index (χ0v) is 16.3. The fraction of sp³-hybridized carbons (Fsp3) is 0.600. The van der Waals surface area contributed by atoms with E-state index in [1.165, 1.54) is 6.42 Å². The van der Waals surface area contributed by atoms with Crippen LogP contribution in [0, 0.1) is 0 Å². The molecule has 3 aliphatic rings. The van der Waals surface area contributed by atoms with Gasteiger partial charge in [0.05, 0.1) is 18.9 Å². The molecule has 4 rings (SSSR count). The Morgan fingerprint density at radius 2 is 1.82 bits per heavy atom. The van der Waals surface area contributed by atoms with Gasteiger partial charge in [0.1, 0.15) is 18.0 Å². The van der Waals surface area contributed by atoms with Crippen LogP contribution in [0.1, 0.15) is 32.1 Å². The number of guanidine groups is 2. The molecule has 0 radical (unpaired) electrons. The van der Waals surface area contributed by atoms with Crippen molar-refractivity contribution in [1.29, 1.82) is 0 Å². The molecule has 0 amide bonds. The van der Waals surface area contributed by atoms with Gasteiger partial charge in [-0.2, -0.15) is 4.99 Å². The zero-order chi connectivity index (χ0) is 19.4. The minimum atomic E-state index is -0.460. The van der Waals surface area contributed by atoms with Gasteiger partial charge in [-0.05, 0) is 37.8 Å². The maximum absolute atomic E-state index is 6.36. The molecule has 0 aromatic heterocycles. The highest BCUT2D eigenvalue weighted by Crippen LogP contribution is 2.42. The molecule has 1 aliphatic carbocycles. The Kier molecular flexibility index (Phi) is 5.68. The Balaban J connectivity index is 1.55. The summed E-state index contributed by atoms with van der Waals surface area (Å²) in [4.78, 5) is 13.4. The smallest absolute Gasteiger partial charge is 0.220 e. The highest BCUT2D eigenvalue weighted by molar-refractivity contribution is 6.06. The molecule has 8 heteroatoms. The molecule has 8 nitrogen and oxygen atoms in total. The molecule has 2 aliphatic heterocycles. The van der Waals surface area contributed by atoms with Crippen molar-refractivity contribution in [3.63, 3.8) is 0 Å². The first kappa shape index (κ1) is 19.0. The van der Waals surface area contributed by atoms with Crippen LogP contribution in [0.15, 0.2) is 34.3 Å². The highest BCUT2D eigenvalue weighted by Gasteiger charge is 2.43. The van der Waals surface area contributed by atoms with Gasteiger partial charge < -0.3 is 20.9 Å². The van der Waals surface area contributed by atoms with E-state index in [0.29, 0.717) is 12.6 Å². The van der Waals surface area contributed by atoms with Gasteiger partial charge in [-0.3, -0.25) is 9.80 Å². The van der Waals surface area contributed by atoms with Crippen LogP contribution in [0.3, 0.4) is 0 Å². The SMILES string of the molecule is NC1=NC2(CCCCC2)N(c2ccccc2OCCN2CCOCC2)C(N)=N1. The Morgan fingerprint density at radius 3 is 2.61 bits per heavy atom. The van der Waals surface area contributed by atoms with Gasteiger partial charge in [0, 0.05) is 19.6 Å². The number of hydrogen-bond acceptors (Lipinski definition) is 8. The third kappa shape index (κ3) is 3.93. The van der Waals surface area contributed by atoms with Gasteiger partial charge >= 0.3 is 0 Å². The van der Waals surface area contributed by atoms with Crippen molar-refractivity contribution < 1.29 is 9.47 Å². The van der Waals surface area contributed by atoms with Crippen molar-refractivity contribution in [3.8, 4) is 5.75 Å². The van der Waals surface area contributed by atoms with Crippen LogP contribution in [0.25, 0.3) is 0 Å². The average Bonchev–Trinajstić information content (AvgIpc) is 2.70. The lowest BCUT2D eigenvalue weighted by atomic mass is 9.87. The van der Waals surface area contributed by atoms with E-state index in [1.807, 2.05) is 29.2 Å². The van der Waals surface area contributed by atoms with Crippen LogP contribution >= 0.6 is 0 Å². The van der Waals surface area contributed by atoms with Crippen LogP contribution in [-0.2, 0) is 4.74 Å². The second-order valence-electron chi connectivity index (χ2n) is 7.59. The van der Waals surface area contributed by atoms with Crippen LogP contribution in [0.5, 0.6) is 5.75 Å². The zero-order valence-electron chi connectivity index (χ0n) is 16.3. The van der Waals surface area contributed by atoms with Crippen molar-refractivity contribution in [2.24, 2.45) is 21.5 Å². The summed E-state index contributed by atoms with van der Waals surface area (Å²) in [5.74, 6) is 1.45. The average molecular weight is 387 g/mol. The first-order valence-corrected chi connectivity index (χ1v) is 10.2. The first-order chi connectivity index (χ1) is 13.7. The van der Waals surface area contributed by atoms with Crippen molar-refractivity contribution >= 4 is 17.6 Å². The summed E-state index contributed by atoms with van der Waals surface area (Å²) in [6, 6.07) is 7.99. The lowest BCUT2D eigenvalue weighted by Gasteiger charge is -2.45. The molecule has 28 heavy (non-hydrogen) atoms. The molecule has 1 aromatic carbocycles. The summed E-state index contributed by atoms with van der Waals surface area (Å²) >= 11 is 0. The number of ether oxygens (including phenoxy) is 2. The molecular formula is C20H30N6O2. The number of hydrogen-bond donors (Lipinski definition) is 2. The Morgan fingerprint density at radius 1 is 1.07 bits per heavy atom. The number of rotatable bonds is 5. The van der Waals surface area contributed by atoms with Crippen molar-refractivity contribution in [2.45, 2.75) is 37.8 Å². The predicted octanol–water partition coefficient (Wildman–Crippen LogP) is 1.51. The maximum Gasteiger partial charge on any atom is 0.220 e. The van der Waals surface area contributed by atoms with E-state index >= 15 is 0 Å². The van der Waals surface area contributed by atoms with Crippen LogP contribution < -0.4 is 21.1 Å². The molecule has 1 saturated heterocycles. The number of nitrogens with zero attached hydrogens (tertiary/aromatic N) is 4. The van der Waals surface area contributed by atoms with E-state index in [4.69, 9.17) is 25.9 Å². The predicted molar refractivity (Wildman–Crippen MR) is 111 cm³/mol. The van der Waals surface area contributed by atoms with Gasteiger partial charge in [0.2, 0.25) is 11.9 Å². The van der Waals surface area contributed by atoms with Crippen LogP contribution in [-0.4, -0.2) is 61.9 Å². The molecule has 1 saturated carbocycles. The van der Waals surface area contributed by atoms with Gasteiger partial charge in [0.25, 0.3) is 0 Å². The molecule has 1 spiro atoms. The molecule has 2 fully saturated rings. The van der Waals surface area contributed by atoms with E-state index in [2.05, 4.69) is 9.89 Å². The lowest BCUT2D eigenvalue weighted by molar-refractivity contribution is 0.0322. The second-order valence-corrected chi connectivity index (χ2v) is 7.59. The molecule has 0 unspecified atom stereocenters. The second kappa shape index (κ2) is 8.36. The third-order valence-electron chi connectivity index (χ3n) is 5.73. The fourth-order valence-electron chi connectivity index (χ4n) is 4.34. The Hall–Kier alpha value is -2.32. The number of anilines is 1.